The van der Waals surface area contributed by atoms with Crippen molar-refractivity contribution in [3.05, 3.63) is 47.1 Å². The number of methoxy groups -OCH3 is 1. The lowest BCUT2D eigenvalue weighted by atomic mass is 10.2. The molecule has 0 spiro atoms. The van der Waals surface area contributed by atoms with Crippen LogP contribution in [0.2, 0.25) is 5.02 Å². The first kappa shape index (κ1) is 17.1. The summed E-state index contributed by atoms with van der Waals surface area (Å²) in [5.74, 6) is 1.33. The number of hydrogen-bond donors (Lipinski definition) is 1. The van der Waals surface area contributed by atoms with Crippen LogP contribution in [0.5, 0.6) is 17.4 Å². The molecule has 1 aromatic carbocycles. The van der Waals surface area contributed by atoms with Crippen LogP contribution < -0.4 is 19.5 Å². The second-order valence-corrected chi connectivity index (χ2v) is 5.70. The number of fused-ring (bicyclic) bond motifs is 1. The number of ether oxygens (including phenoxy) is 3. The smallest absolute Gasteiger partial charge is 0.248 e. The highest BCUT2D eigenvalue weighted by atomic mass is 35.5. The number of rotatable bonds is 4. The maximum absolute atomic E-state index is 12.0. The second kappa shape index (κ2) is 7.90. The molecule has 6 nitrogen and oxygen atoms in total. The van der Waals surface area contributed by atoms with E-state index < -0.39 is 0 Å². The Morgan fingerprint density at radius 2 is 2.16 bits per heavy atom. The summed E-state index contributed by atoms with van der Waals surface area (Å²) in [6, 6.07) is 6.91. The average Bonchev–Trinajstić information content (AvgIpc) is 2.86. The van der Waals surface area contributed by atoms with Crippen LogP contribution >= 0.6 is 11.6 Å². The number of hydrogen-bond acceptors (Lipinski definition) is 5. The number of carbonyl (C=O) groups is 1. The molecule has 2 aromatic rings. The van der Waals surface area contributed by atoms with E-state index >= 15 is 0 Å². The monoisotopic (exact) mass is 360 g/mol. The molecule has 0 bridgehead atoms. The highest BCUT2D eigenvalue weighted by molar-refractivity contribution is 6.32. The maximum atomic E-state index is 12.0. The Labute approximate surface area is 150 Å². The highest BCUT2D eigenvalue weighted by Gasteiger charge is 2.14. The molecule has 7 heteroatoms. The average molecular weight is 361 g/mol. The van der Waals surface area contributed by atoms with Crippen molar-refractivity contribution in [3.8, 4) is 17.4 Å². The molecule has 25 heavy (non-hydrogen) atoms. The fourth-order valence-corrected chi connectivity index (χ4v) is 2.55. The maximum Gasteiger partial charge on any atom is 0.248 e. The van der Waals surface area contributed by atoms with Gasteiger partial charge < -0.3 is 19.5 Å². The minimum Gasteiger partial charge on any atom is -0.489 e. The van der Waals surface area contributed by atoms with Crippen LogP contribution in [0.4, 0.5) is 5.69 Å². The molecule has 0 saturated carbocycles. The third-order valence-electron chi connectivity index (χ3n) is 3.46. The lowest BCUT2D eigenvalue weighted by molar-refractivity contribution is -0.111. The lowest BCUT2D eigenvalue weighted by Crippen LogP contribution is -2.07. The molecule has 0 fully saturated rings. The highest BCUT2D eigenvalue weighted by Crippen LogP contribution is 2.38. The van der Waals surface area contributed by atoms with Gasteiger partial charge in [0.1, 0.15) is 0 Å². The fourth-order valence-electron chi connectivity index (χ4n) is 2.28. The number of amides is 1. The van der Waals surface area contributed by atoms with Gasteiger partial charge in [0.25, 0.3) is 0 Å². The lowest BCUT2D eigenvalue weighted by Gasteiger charge is -2.10. The molecule has 0 saturated heterocycles. The molecule has 0 aliphatic carbocycles. The Morgan fingerprint density at radius 1 is 1.32 bits per heavy atom. The Bertz CT molecular complexity index is 790. The Hall–Kier alpha value is -2.73. The van der Waals surface area contributed by atoms with Gasteiger partial charge in [0.2, 0.25) is 11.8 Å². The summed E-state index contributed by atoms with van der Waals surface area (Å²) >= 11 is 6.23. The van der Waals surface area contributed by atoms with Crippen molar-refractivity contribution in [2.75, 3.05) is 25.6 Å². The van der Waals surface area contributed by atoms with E-state index in [4.69, 9.17) is 25.8 Å². The Morgan fingerprint density at radius 3 is 2.92 bits per heavy atom. The van der Waals surface area contributed by atoms with E-state index in [0.717, 1.165) is 12.0 Å². The zero-order chi connectivity index (χ0) is 17.6. The van der Waals surface area contributed by atoms with Crippen LogP contribution in [0.25, 0.3) is 6.08 Å². The van der Waals surface area contributed by atoms with E-state index in [-0.39, 0.29) is 5.91 Å². The fraction of sp³-hybridized carbons (Fsp3) is 0.222. The number of pyridine rings is 1. The third-order valence-corrected chi connectivity index (χ3v) is 3.75. The quantitative estimate of drug-likeness (QED) is 0.844. The van der Waals surface area contributed by atoms with Gasteiger partial charge in [-0.3, -0.25) is 4.79 Å². The standard InChI is InChI=1S/C18H17ClN2O4/c1-23-17-6-4-13(11-20-17)21-16(22)5-3-12-9-14(19)18-15(10-12)24-7-2-8-25-18/h3-6,9-11H,2,7-8H2,1H3,(H,21,22)/b5-3+. The van der Waals surface area contributed by atoms with Crippen molar-refractivity contribution in [1.29, 1.82) is 0 Å². The number of anilines is 1. The summed E-state index contributed by atoms with van der Waals surface area (Å²) in [7, 11) is 1.53. The molecule has 2 heterocycles. The van der Waals surface area contributed by atoms with Gasteiger partial charge in [-0.05, 0) is 29.8 Å². The van der Waals surface area contributed by atoms with Crippen LogP contribution in [0.3, 0.4) is 0 Å². The van der Waals surface area contributed by atoms with E-state index in [1.165, 1.54) is 19.4 Å². The van der Waals surface area contributed by atoms with Crippen molar-refractivity contribution < 1.29 is 19.0 Å². The summed E-state index contributed by atoms with van der Waals surface area (Å²) in [6.07, 6.45) is 5.40. The Balaban J connectivity index is 1.69. The molecule has 1 aromatic heterocycles. The van der Waals surface area contributed by atoms with Gasteiger partial charge in [-0.25, -0.2) is 4.98 Å². The van der Waals surface area contributed by atoms with E-state index in [2.05, 4.69) is 10.3 Å². The first-order valence-electron chi connectivity index (χ1n) is 7.74. The summed E-state index contributed by atoms with van der Waals surface area (Å²) in [5, 5.41) is 3.17. The first-order chi connectivity index (χ1) is 12.2. The van der Waals surface area contributed by atoms with E-state index in [9.17, 15) is 4.79 Å². The molecule has 0 radical (unpaired) electrons. The van der Waals surface area contributed by atoms with Gasteiger partial charge in [0.15, 0.2) is 11.5 Å². The zero-order valence-corrected chi connectivity index (χ0v) is 14.4. The molecule has 3 rings (SSSR count). The predicted octanol–water partition coefficient (Wildman–Crippen LogP) is 3.56. The topological polar surface area (TPSA) is 69.7 Å². The number of carbonyl (C=O) groups excluding carboxylic acids is 1. The number of nitrogens with zero attached hydrogens (tertiary/aromatic N) is 1. The molecule has 1 aliphatic heterocycles. The molecule has 1 N–H and O–H groups in total. The number of aromatic nitrogens is 1. The van der Waals surface area contributed by atoms with Crippen LogP contribution in [0, 0.1) is 0 Å². The van der Waals surface area contributed by atoms with Crippen molar-refractivity contribution in [1.82, 2.24) is 4.98 Å². The molecular formula is C18H17ClN2O4. The molecule has 0 unspecified atom stereocenters. The van der Waals surface area contributed by atoms with Crippen LogP contribution in [-0.4, -0.2) is 31.2 Å². The summed E-state index contributed by atoms with van der Waals surface area (Å²) in [4.78, 5) is 16.1. The molecular weight excluding hydrogens is 344 g/mol. The van der Waals surface area contributed by atoms with Gasteiger partial charge in [-0.2, -0.15) is 0 Å². The van der Waals surface area contributed by atoms with E-state index in [1.807, 2.05) is 0 Å². The van der Waals surface area contributed by atoms with E-state index in [1.54, 1.807) is 30.3 Å². The summed E-state index contributed by atoms with van der Waals surface area (Å²) in [6.45, 7) is 1.14. The molecule has 1 amide bonds. The van der Waals surface area contributed by atoms with Crippen molar-refractivity contribution in [3.63, 3.8) is 0 Å². The minimum absolute atomic E-state index is 0.282. The van der Waals surface area contributed by atoms with Gasteiger partial charge in [0.05, 0.1) is 37.2 Å². The summed E-state index contributed by atoms with van der Waals surface area (Å²) in [5.41, 5.74) is 1.32. The normalized spacial score (nSPS) is 13.4. The van der Waals surface area contributed by atoms with E-state index in [0.29, 0.717) is 41.3 Å². The number of halogens is 1. The SMILES string of the molecule is COc1ccc(NC(=O)/C=C/c2cc(Cl)c3c(c2)OCCCO3)cn1. The van der Waals surface area contributed by atoms with Crippen molar-refractivity contribution in [2.45, 2.75) is 6.42 Å². The van der Waals surface area contributed by atoms with Gasteiger partial charge in [0, 0.05) is 18.6 Å². The largest absolute Gasteiger partial charge is 0.489 e. The third kappa shape index (κ3) is 4.42. The summed E-state index contributed by atoms with van der Waals surface area (Å²) < 4.78 is 16.2. The molecule has 0 atom stereocenters. The molecule has 130 valence electrons. The van der Waals surface area contributed by atoms with Crippen molar-refractivity contribution in [2.24, 2.45) is 0 Å². The number of nitrogens with one attached hydrogen (secondary N) is 1. The molecule has 1 aliphatic rings. The number of benzene rings is 1. The van der Waals surface area contributed by atoms with Crippen LogP contribution in [0.1, 0.15) is 12.0 Å². The zero-order valence-electron chi connectivity index (χ0n) is 13.6. The van der Waals surface area contributed by atoms with Crippen LogP contribution in [0.15, 0.2) is 36.5 Å². The van der Waals surface area contributed by atoms with Gasteiger partial charge in [-0.15, -0.1) is 0 Å². The van der Waals surface area contributed by atoms with Gasteiger partial charge in [-0.1, -0.05) is 11.6 Å². The Kier molecular flexibility index (Phi) is 5.40. The minimum atomic E-state index is -0.282. The second-order valence-electron chi connectivity index (χ2n) is 5.29. The van der Waals surface area contributed by atoms with Crippen molar-refractivity contribution >= 4 is 29.3 Å². The van der Waals surface area contributed by atoms with Crippen LogP contribution in [-0.2, 0) is 4.79 Å². The first-order valence-corrected chi connectivity index (χ1v) is 8.12. The van der Waals surface area contributed by atoms with Gasteiger partial charge >= 0.3 is 0 Å². The predicted molar refractivity (Wildman–Crippen MR) is 95.5 cm³/mol.